The molecule has 0 aliphatic rings. The number of hydrogen-bond acceptors (Lipinski definition) is 5. The van der Waals surface area contributed by atoms with E-state index in [0.29, 0.717) is 0 Å². The average molecular weight is 270 g/mol. The van der Waals surface area contributed by atoms with Gasteiger partial charge in [0.15, 0.2) is 0 Å². The van der Waals surface area contributed by atoms with Gasteiger partial charge in [-0.2, -0.15) is 0 Å². The van der Waals surface area contributed by atoms with Crippen LogP contribution in [0.15, 0.2) is 0 Å². The van der Waals surface area contributed by atoms with Crippen molar-refractivity contribution in [2.75, 3.05) is 27.4 Å². The van der Waals surface area contributed by atoms with E-state index in [1.807, 2.05) is 0 Å². The smallest absolute Gasteiger partial charge is 0.391 e. The first kappa shape index (κ1) is 16.5. The van der Waals surface area contributed by atoms with Gasteiger partial charge < -0.3 is 24.8 Å². The number of quaternary nitrogens is 1. The van der Waals surface area contributed by atoms with Gasteiger partial charge in [0.25, 0.3) is 0 Å². The zero-order valence-electron chi connectivity index (χ0n) is 9.87. The van der Waals surface area contributed by atoms with Crippen LogP contribution in [0.2, 0.25) is 0 Å². The predicted octanol–water partition coefficient (Wildman–Crippen LogP) is -2.62. The minimum Gasteiger partial charge on any atom is -0.543 e. The molecule has 0 aromatic rings. The lowest BCUT2D eigenvalue weighted by atomic mass is 10.1. The maximum absolute atomic E-state index is 11.5. The second-order valence-corrected chi connectivity index (χ2v) is 6.17. The zero-order valence-corrected chi connectivity index (χ0v) is 10.8. The van der Waals surface area contributed by atoms with Crippen molar-refractivity contribution in [2.24, 2.45) is 5.73 Å². The second-order valence-electron chi connectivity index (χ2n) is 4.34. The largest absolute Gasteiger partial charge is 0.543 e. The van der Waals surface area contributed by atoms with Crippen LogP contribution in [0, 0.1) is 0 Å². The van der Waals surface area contributed by atoms with Gasteiger partial charge in [0.05, 0.1) is 14.1 Å². The Bertz CT molecular complexity index is 328. The van der Waals surface area contributed by atoms with Crippen molar-refractivity contribution in [3.8, 4) is 0 Å². The number of aliphatic hydroxyl groups is 1. The third-order valence-corrected chi connectivity index (χ3v) is 4.86. The molecule has 102 valence electrons. The molecule has 0 rings (SSSR count). The molecule has 0 saturated heterocycles. The van der Waals surface area contributed by atoms with Crippen molar-refractivity contribution in [3.63, 3.8) is 0 Å². The summed E-state index contributed by atoms with van der Waals surface area (Å²) in [5.74, 6) is -1.87. The average Bonchev–Trinajstić information content (AvgIpc) is 2.15. The Morgan fingerprint density at radius 3 is 2.18 bits per heavy atom. The van der Waals surface area contributed by atoms with Crippen molar-refractivity contribution in [1.29, 1.82) is 0 Å². The zero-order chi connectivity index (χ0) is 13.9. The molecule has 0 fully saturated rings. The van der Waals surface area contributed by atoms with Crippen LogP contribution in [-0.4, -0.2) is 58.0 Å². The van der Waals surface area contributed by atoms with Crippen LogP contribution in [0.25, 0.3) is 0 Å². The van der Waals surface area contributed by atoms with Crippen LogP contribution in [0.3, 0.4) is 0 Å². The lowest BCUT2D eigenvalue weighted by Gasteiger charge is -2.47. The molecule has 0 aliphatic heterocycles. The molecule has 0 heterocycles. The third-order valence-electron chi connectivity index (χ3n) is 2.95. The van der Waals surface area contributed by atoms with Gasteiger partial charge in [-0.1, -0.05) is 0 Å². The number of aliphatic hydroxyl groups excluding tert-OH is 1. The van der Waals surface area contributed by atoms with E-state index in [9.17, 15) is 24.3 Å². The van der Waals surface area contributed by atoms with E-state index in [1.165, 1.54) is 14.1 Å². The second kappa shape index (κ2) is 5.43. The monoisotopic (exact) mass is 270 g/mol. The van der Waals surface area contributed by atoms with Crippen molar-refractivity contribution in [2.45, 2.75) is 18.1 Å². The fraction of sp³-hybridized carbons (Fsp3) is 0.875. The molecule has 1 atom stereocenters. The van der Waals surface area contributed by atoms with E-state index in [-0.39, 0.29) is 19.7 Å². The molecule has 0 spiro atoms. The van der Waals surface area contributed by atoms with Crippen molar-refractivity contribution >= 4 is 13.6 Å². The number of likely N-dealkylation sites (N-methyl/N-ethyl adjacent to an activating group) is 1. The summed E-state index contributed by atoms with van der Waals surface area (Å²) in [6.07, 6.45) is -0.485. The molecule has 17 heavy (non-hydrogen) atoms. The van der Waals surface area contributed by atoms with Gasteiger partial charge in [-0.25, -0.2) is 0 Å². The van der Waals surface area contributed by atoms with E-state index in [1.54, 1.807) is 0 Å². The summed E-state index contributed by atoms with van der Waals surface area (Å²) in [6, 6.07) is 0. The van der Waals surface area contributed by atoms with Gasteiger partial charge in [-0.05, 0) is 6.42 Å². The first-order chi connectivity index (χ1) is 7.56. The van der Waals surface area contributed by atoms with Gasteiger partial charge in [0, 0.05) is 13.0 Å². The molecule has 8 nitrogen and oxygen atoms in total. The lowest BCUT2D eigenvalue weighted by molar-refractivity contribution is -0.921. The number of nitrogens with two attached hydrogens (primary N) is 1. The van der Waals surface area contributed by atoms with Crippen LogP contribution >= 0.6 is 7.60 Å². The molecule has 0 aromatic carbocycles. The number of hydrogen-bond donors (Lipinski definition) is 4. The van der Waals surface area contributed by atoms with Gasteiger partial charge in [-0.15, -0.1) is 0 Å². The molecular weight excluding hydrogens is 251 g/mol. The first-order valence-electron chi connectivity index (χ1n) is 4.98. The number of carbonyl (C=O) groups excluding carboxylic acids is 1. The molecule has 0 amide bonds. The van der Waals surface area contributed by atoms with Gasteiger partial charge in [0.2, 0.25) is 5.28 Å². The standard InChI is InChI=1S/C8H19N2O6P/c1-10(2,6-9)8(7(12)13,4-3-5-11)17(14,15)16/h11H,3-6,9H2,1-2H3,(H2-,12,13,14,15,16). The Hall–Kier alpha value is -0.500. The minimum atomic E-state index is -5.01. The fourth-order valence-corrected chi connectivity index (χ4v) is 3.22. The highest BCUT2D eigenvalue weighted by atomic mass is 31.2. The number of carboxylic acids is 1. The number of nitrogens with zero attached hydrogens (tertiary/aromatic N) is 1. The highest BCUT2D eigenvalue weighted by molar-refractivity contribution is 7.54. The van der Waals surface area contributed by atoms with Crippen molar-refractivity contribution < 1.29 is 33.8 Å². The lowest BCUT2D eigenvalue weighted by Crippen LogP contribution is -2.68. The van der Waals surface area contributed by atoms with Crippen molar-refractivity contribution in [1.82, 2.24) is 0 Å². The topological polar surface area (TPSA) is 144 Å². The molecule has 5 N–H and O–H groups in total. The summed E-state index contributed by atoms with van der Waals surface area (Å²) < 4.78 is 10.9. The summed E-state index contributed by atoms with van der Waals surface area (Å²) in [5.41, 5.74) is 5.37. The van der Waals surface area contributed by atoms with E-state index >= 15 is 0 Å². The number of carbonyl (C=O) groups is 1. The Balaban J connectivity index is 5.76. The number of rotatable bonds is 7. The van der Waals surface area contributed by atoms with Crippen LogP contribution in [0.5, 0.6) is 0 Å². The maximum Gasteiger partial charge on any atom is 0.391 e. The Morgan fingerprint density at radius 2 is 1.94 bits per heavy atom. The van der Waals surface area contributed by atoms with Crippen LogP contribution < -0.4 is 10.8 Å². The summed E-state index contributed by atoms with van der Waals surface area (Å²) >= 11 is 0. The molecule has 1 unspecified atom stereocenters. The third kappa shape index (κ3) is 2.85. The molecule has 9 heteroatoms. The SMILES string of the molecule is C[N+](C)(CN)C(CCCO)(C(=O)[O-])P(=O)(O)O. The molecule has 0 saturated carbocycles. The Kier molecular flexibility index (Phi) is 5.27. The van der Waals surface area contributed by atoms with Crippen LogP contribution in [0.4, 0.5) is 0 Å². The maximum atomic E-state index is 11.5. The van der Waals surface area contributed by atoms with Crippen molar-refractivity contribution in [3.05, 3.63) is 0 Å². The fourth-order valence-electron chi connectivity index (χ4n) is 1.75. The Morgan fingerprint density at radius 1 is 1.47 bits per heavy atom. The first-order valence-corrected chi connectivity index (χ1v) is 6.59. The molecular formula is C8H19N2O6P. The summed E-state index contributed by atoms with van der Waals surface area (Å²) in [4.78, 5) is 29.9. The predicted molar refractivity (Wildman–Crippen MR) is 57.3 cm³/mol. The van der Waals surface area contributed by atoms with E-state index in [2.05, 4.69) is 0 Å². The van der Waals surface area contributed by atoms with E-state index < -0.39 is 29.7 Å². The Labute approximate surface area is 99.4 Å². The summed E-state index contributed by atoms with van der Waals surface area (Å²) in [7, 11) is -2.42. The molecule has 0 bridgehead atoms. The molecule has 0 radical (unpaired) electrons. The van der Waals surface area contributed by atoms with E-state index in [0.717, 1.165) is 0 Å². The van der Waals surface area contributed by atoms with E-state index in [4.69, 9.17) is 10.8 Å². The van der Waals surface area contributed by atoms with Crippen LogP contribution in [0.1, 0.15) is 12.8 Å². The minimum absolute atomic E-state index is 0.0687. The highest BCUT2D eigenvalue weighted by Gasteiger charge is 2.59. The number of carboxylic acid groups (broad SMARTS) is 1. The van der Waals surface area contributed by atoms with Crippen LogP contribution in [-0.2, 0) is 9.36 Å². The quantitative estimate of drug-likeness (QED) is 0.225. The van der Waals surface area contributed by atoms with Gasteiger partial charge >= 0.3 is 7.60 Å². The van der Waals surface area contributed by atoms with Gasteiger partial charge in [0.1, 0.15) is 12.6 Å². The molecule has 0 aliphatic carbocycles. The summed E-state index contributed by atoms with van der Waals surface area (Å²) in [6.45, 7) is -0.663. The normalized spacial score (nSPS) is 16.6. The van der Waals surface area contributed by atoms with Gasteiger partial charge in [-0.3, -0.25) is 14.8 Å². The summed E-state index contributed by atoms with van der Waals surface area (Å²) in [5, 5.41) is 17.5. The number of aliphatic carboxylic acids is 1. The molecule has 0 aromatic heterocycles. The highest BCUT2D eigenvalue weighted by Crippen LogP contribution is 2.56.